The number of carbonyl (C=O) groups is 2. The number of carbonyl (C=O) groups excluding carboxylic acids is 2. The highest BCUT2D eigenvalue weighted by atomic mass is 16.5. The van der Waals surface area contributed by atoms with Gasteiger partial charge in [0, 0.05) is 12.1 Å². The van der Waals surface area contributed by atoms with Crippen molar-refractivity contribution in [2.24, 2.45) is 0 Å². The van der Waals surface area contributed by atoms with Gasteiger partial charge in [-0.25, -0.2) is 9.59 Å². The second-order valence-corrected chi connectivity index (χ2v) is 5.14. The molecule has 1 atom stereocenters. The second kappa shape index (κ2) is 6.83. The van der Waals surface area contributed by atoms with Gasteiger partial charge >= 0.3 is 12.0 Å². The van der Waals surface area contributed by atoms with Gasteiger partial charge in [0.25, 0.3) is 0 Å². The van der Waals surface area contributed by atoms with E-state index in [0.717, 1.165) is 11.4 Å². The number of para-hydroxylation sites is 3. The number of rotatable bonds is 4. The number of cyclic esters (lactones) is 1. The summed E-state index contributed by atoms with van der Waals surface area (Å²) < 4.78 is 4.83. The number of benzene rings is 2. The highest BCUT2D eigenvalue weighted by Gasteiger charge is 2.27. The van der Waals surface area contributed by atoms with Crippen molar-refractivity contribution in [3.8, 4) is 0 Å². The van der Waals surface area contributed by atoms with Gasteiger partial charge in [0.15, 0.2) is 0 Å². The van der Waals surface area contributed by atoms with Gasteiger partial charge in [-0.1, -0.05) is 30.3 Å². The summed E-state index contributed by atoms with van der Waals surface area (Å²) in [6, 6.07) is 16.0. The van der Waals surface area contributed by atoms with Crippen molar-refractivity contribution in [3.05, 3.63) is 54.6 Å². The van der Waals surface area contributed by atoms with Crippen LogP contribution in [0.1, 0.15) is 6.42 Å². The molecule has 2 aromatic carbocycles. The number of nitrogens with one attached hydrogen (secondary N) is 3. The van der Waals surface area contributed by atoms with Crippen molar-refractivity contribution in [3.63, 3.8) is 0 Å². The molecule has 0 saturated carbocycles. The summed E-state index contributed by atoms with van der Waals surface area (Å²) in [5.41, 5.74) is 2.31. The lowest BCUT2D eigenvalue weighted by molar-refractivity contribution is -0.139. The summed E-state index contributed by atoms with van der Waals surface area (Å²) in [7, 11) is 0. The maximum Gasteiger partial charge on any atom is 0.328 e. The molecule has 6 nitrogen and oxygen atoms in total. The van der Waals surface area contributed by atoms with Crippen LogP contribution in [0.15, 0.2) is 54.6 Å². The van der Waals surface area contributed by atoms with Gasteiger partial charge in [-0.2, -0.15) is 0 Å². The maximum absolute atomic E-state index is 12.1. The van der Waals surface area contributed by atoms with Gasteiger partial charge < -0.3 is 20.7 Å². The fourth-order valence-corrected chi connectivity index (χ4v) is 2.32. The number of ether oxygens (including phenoxy) is 1. The van der Waals surface area contributed by atoms with Gasteiger partial charge in [0.05, 0.1) is 18.0 Å². The van der Waals surface area contributed by atoms with E-state index in [1.54, 1.807) is 6.07 Å². The van der Waals surface area contributed by atoms with E-state index in [1.807, 2.05) is 48.5 Å². The minimum atomic E-state index is -0.579. The molecule has 118 valence electrons. The van der Waals surface area contributed by atoms with Gasteiger partial charge in [0.2, 0.25) is 0 Å². The first-order valence-corrected chi connectivity index (χ1v) is 7.37. The van der Waals surface area contributed by atoms with Crippen LogP contribution in [0.5, 0.6) is 0 Å². The van der Waals surface area contributed by atoms with Crippen LogP contribution in [0.25, 0.3) is 0 Å². The van der Waals surface area contributed by atoms with Crippen LogP contribution >= 0.6 is 0 Å². The van der Waals surface area contributed by atoms with Crippen LogP contribution in [0.2, 0.25) is 0 Å². The Bertz CT molecular complexity index is 703. The first-order chi connectivity index (χ1) is 11.2. The topological polar surface area (TPSA) is 79.5 Å². The molecule has 1 fully saturated rings. The third kappa shape index (κ3) is 3.79. The van der Waals surface area contributed by atoms with E-state index in [-0.39, 0.29) is 0 Å². The van der Waals surface area contributed by atoms with Crippen molar-refractivity contribution in [1.82, 2.24) is 5.32 Å². The van der Waals surface area contributed by atoms with Crippen LogP contribution in [-0.2, 0) is 9.53 Å². The van der Waals surface area contributed by atoms with Gasteiger partial charge in [-0.05, 0) is 24.3 Å². The normalized spacial score (nSPS) is 16.5. The van der Waals surface area contributed by atoms with Crippen LogP contribution in [0.4, 0.5) is 21.9 Å². The average molecular weight is 311 g/mol. The van der Waals surface area contributed by atoms with Crippen molar-refractivity contribution in [2.45, 2.75) is 12.5 Å². The minimum absolute atomic E-state index is 0.343. The van der Waals surface area contributed by atoms with Crippen LogP contribution in [0.3, 0.4) is 0 Å². The number of esters is 1. The molecule has 0 aliphatic carbocycles. The molecule has 1 aliphatic rings. The molecule has 3 N–H and O–H groups in total. The molecule has 1 aliphatic heterocycles. The molecule has 6 heteroatoms. The standard InChI is InChI=1S/C17H17N3O3/c21-16-15(10-11-23-16)20-17(22)19-14-9-5-4-8-13(14)18-12-6-2-1-3-7-12/h1-9,15,18H,10-11H2,(H2,19,20,22). The summed E-state index contributed by atoms with van der Waals surface area (Å²) in [5.74, 6) is -0.393. The van der Waals surface area contributed by atoms with Gasteiger partial charge in [-0.15, -0.1) is 0 Å². The van der Waals surface area contributed by atoms with Crippen molar-refractivity contribution in [1.29, 1.82) is 0 Å². The molecule has 3 rings (SSSR count). The second-order valence-electron chi connectivity index (χ2n) is 5.14. The predicted octanol–water partition coefficient (Wildman–Crippen LogP) is 2.87. The molecular weight excluding hydrogens is 294 g/mol. The third-order valence-corrected chi connectivity index (χ3v) is 3.47. The maximum atomic E-state index is 12.1. The summed E-state index contributed by atoms with van der Waals surface area (Å²) in [5, 5.41) is 8.62. The van der Waals surface area contributed by atoms with E-state index < -0.39 is 18.0 Å². The van der Waals surface area contributed by atoms with Crippen molar-refractivity contribution in [2.75, 3.05) is 17.2 Å². The third-order valence-electron chi connectivity index (χ3n) is 3.47. The van der Waals surface area contributed by atoms with E-state index in [2.05, 4.69) is 16.0 Å². The minimum Gasteiger partial charge on any atom is -0.464 e. The Hall–Kier alpha value is -3.02. The Morgan fingerprint density at radius 1 is 1.00 bits per heavy atom. The predicted molar refractivity (Wildman–Crippen MR) is 87.7 cm³/mol. The monoisotopic (exact) mass is 311 g/mol. The Morgan fingerprint density at radius 2 is 1.70 bits per heavy atom. The Balaban J connectivity index is 1.68. The fourth-order valence-electron chi connectivity index (χ4n) is 2.32. The smallest absolute Gasteiger partial charge is 0.328 e. The summed E-state index contributed by atoms with van der Waals surface area (Å²) >= 11 is 0. The largest absolute Gasteiger partial charge is 0.464 e. The summed E-state index contributed by atoms with van der Waals surface area (Å²) in [6.07, 6.45) is 0.496. The molecule has 0 spiro atoms. The molecule has 0 bridgehead atoms. The van der Waals surface area contributed by atoms with E-state index in [0.29, 0.717) is 18.7 Å². The molecule has 1 heterocycles. The zero-order valence-electron chi connectivity index (χ0n) is 12.4. The van der Waals surface area contributed by atoms with Gasteiger partial charge in [0.1, 0.15) is 6.04 Å². The van der Waals surface area contributed by atoms with E-state index in [1.165, 1.54) is 0 Å². The van der Waals surface area contributed by atoms with Crippen LogP contribution < -0.4 is 16.0 Å². The Kier molecular flexibility index (Phi) is 4.42. The first-order valence-electron chi connectivity index (χ1n) is 7.37. The van der Waals surface area contributed by atoms with Gasteiger partial charge in [-0.3, -0.25) is 0 Å². The zero-order chi connectivity index (χ0) is 16.1. The molecule has 0 aromatic heterocycles. The van der Waals surface area contributed by atoms with E-state index in [9.17, 15) is 9.59 Å². The van der Waals surface area contributed by atoms with E-state index in [4.69, 9.17) is 4.74 Å². The Morgan fingerprint density at radius 3 is 2.39 bits per heavy atom. The SMILES string of the molecule is O=C(Nc1ccccc1Nc1ccccc1)NC1CCOC1=O. The quantitative estimate of drug-likeness (QED) is 0.759. The van der Waals surface area contributed by atoms with Crippen molar-refractivity contribution >= 4 is 29.1 Å². The molecule has 1 unspecified atom stereocenters. The summed E-state index contributed by atoms with van der Waals surface area (Å²) in [4.78, 5) is 23.5. The van der Waals surface area contributed by atoms with Crippen molar-refractivity contribution < 1.29 is 14.3 Å². The number of hydrogen-bond acceptors (Lipinski definition) is 4. The number of urea groups is 1. The molecule has 2 aromatic rings. The fraction of sp³-hybridized carbons (Fsp3) is 0.176. The highest BCUT2D eigenvalue weighted by Crippen LogP contribution is 2.25. The zero-order valence-corrected chi connectivity index (χ0v) is 12.4. The molecule has 1 saturated heterocycles. The van der Waals surface area contributed by atoms with Crippen LogP contribution in [-0.4, -0.2) is 24.6 Å². The average Bonchev–Trinajstić information content (AvgIpc) is 2.95. The molecule has 0 radical (unpaired) electrons. The van der Waals surface area contributed by atoms with E-state index >= 15 is 0 Å². The first kappa shape index (κ1) is 14.9. The van der Waals surface area contributed by atoms with Crippen LogP contribution in [0, 0.1) is 0 Å². The molecule has 23 heavy (non-hydrogen) atoms. The summed E-state index contributed by atoms with van der Waals surface area (Å²) in [6.45, 7) is 0.343. The number of hydrogen-bond donors (Lipinski definition) is 3. The highest BCUT2D eigenvalue weighted by molar-refractivity contribution is 5.96. The Labute approximate surface area is 133 Å². The molecule has 2 amide bonds. The lowest BCUT2D eigenvalue weighted by Crippen LogP contribution is -2.40. The molecular formula is C17H17N3O3. The number of amides is 2. The lowest BCUT2D eigenvalue weighted by Gasteiger charge is -2.14. The number of anilines is 3. The lowest BCUT2D eigenvalue weighted by atomic mass is 10.2.